The number of ketones is 1. The molecule has 0 unspecified atom stereocenters. The van der Waals surface area contributed by atoms with Crippen molar-refractivity contribution in [3.63, 3.8) is 0 Å². The number of halogens is 3. The molecule has 0 bridgehead atoms. The monoisotopic (exact) mass is 351 g/mol. The topological polar surface area (TPSA) is 66.4 Å². The molecule has 0 spiro atoms. The van der Waals surface area contributed by atoms with Crippen LogP contribution in [-0.2, 0) is 4.79 Å². The lowest BCUT2D eigenvalue weighted by Gasteiger charge is -2.25. The van der Waals surface area contributed by atoms with E-state index in [0.717, 1.165) is 0 Å². The zero-order valence-electron chi connectivity index (χ0n) is 13.5. The highest BCUT2D eigenvalue weighted by atomic mass is 19.4. The fraction of sp³-hybridized carbons (Fsp3) is 0.222. The van der Waals surface area contributed by atoms with E-state index in [1.54, 1.807) is 37.3 Å². The number of rotatable bonds is 4. The third kappa shape index (κ3) is 3.88. The van der Waals surface area contributed by atoms with E-state index in [9.17, 15) is 27.9 Å². The Morgan fingerprint density at radius 3 is 2.12 bits per heavy atom. The van der Waals surface area contributed by atoms with Crippen LogP contribution in [0.15, 0.2) is 48.5 Å². The molecule has 1 amide bonds. The van der Waals surface area contributed by atoms with Crippen LogP contribution in [-0.4, -0.2) is 28.6 Å². The Balaban J connectivity index is 2.23. The average Bonchev–Trinajstić information content (AvgIpc) is 2.55. The summed E-state index contributed by atoms with van der Waals surface area (Å²) in [7, 11) is 0. The van der Waals surface area contributed by atoms with Crippen LogP contribution in [0.4, 0.5) is 18.9 Å². The molecule has 0 aliphatic heterocycles. The minimum Gasteiger partial charge on any atom is -0.373 e. The minimum absolute atomic E-state index is 0.0825. The van der Waals surface area contributed by atoms with Gasteiger partial charge < -0.3 is 10.4 Å². The standard InChI is InChI=1S/C18H16F3NO3/c1-11-10-13(15(23)12-6-4-3-5-7-12)8-9-14(11)22-16(24)17(2,25)18(19,20)21/h3-10,25H,1-2H3,(H,22,24)/t17-/m0/s1. The highest BCUT2D eigenvalue weighted by Crippen LogP contribution is 2.31. The average molecular weight is 351 g/mol. The normalized spacial score (nSPS) is 13.8. The van der Waals surface area contributed by atoms with Gasteiger partial charge in [-0.25, -0.2) is 0 Å². The second-order valence-electron chi connectivity index (χ2n) is 5.75. The van der Waals surface area contributed by atoms with E-state index in [2.05, 4.69) is 0 Å². The smallest absolute Gasteiger partial charge is 0.373 e. The summed E-state index contributed by atoms with van der Waals surface area (Å²) in [5, 5.41) is 11.4. The Labute approximate surface area is 142 Å². The summed E-state index contributed by atoms with van der Waals surface area (Å²) in [5.74, 6) is -1.84. The van der Waals surface area contributed by atoms with Crippen molar-refractivity contribution in [3.8, 4) is 0 Å². The van der Waals surface area contributed by atoms with Crippen LogP contribution in [0.25, 0.3) is 0 Å². The number of aryl methyl sites for hydroxylation is 1. The van der Waals surface area contributed by atoms with E-state index in [-0.39, 0.29) is 11.5 Å². The predicted octanol–water partition coefficient (Wildman–Crippen LogP) is 3.48. The van der Waals surface area contributed by atoms with Crippen LogP contribution in [0.3, 0.4) is 0 Å². The molecule has 0 saturated heterocycles. The maximum atomic E-state index is 12.7. The summed E-state index contributed by atoms with van der Waals surface area (Å²) in [5.41, 5.74) is -2.23. The Bertz CT molecular complexity index is 799. The van der Waals surface area contributed by atoms with Gasteiger partial charge in [0.05, 0.1) is 0 Å². The molecule has 0 saturated carbocycles. The summed E-state index contributed by atoms with van der Waals surface area (Å²) >= 11 is 0. The van der Waals surface area contributed by atoms with Crippen molar-refractivity contribution in [2.75, 3.05) is 5.32 Å². The fourth-order valence-electron chi connectivity index (χ4n) is 2.07. The van der Waals surface area contributed by atoms with Gasteiger partial charge in [-0.15, -0.1) is 0 Å². The predicted molar refractivity (Wildman–Crippen MR) is 86.4 cm³/mol. The molecule has 2 N–H and O–H groups in total. The summed E-state index contributed by atoms with van der Waals surface area (Å²) in [4.78, 5) is 24.1. The molecule has 0 radical (unpaired) electrons. The third-order valence-electron chi connectivity index (χ3n) is 3.77. The van der Waals surface area contributed by atoms with E-state index in [4.69, 9.17) is 0 Å². The van der Waals surface area contributed by atoms with Crippen molar-refractivity contribution in [2.24, 2.45) is 0 Å². The number of hydrogen-bond acceptors (Lipinski definition) is 3. The zero-order chi connectivity index (χ0) is 18.8. The van der Waals surface area contributed by atoms with E-state index >= 15 is 0 Å². The van der Waals surface area contributed by atoms with Gasteiger partial charge in [-0.05, 0) is 37.6 Å². The Morgan fingerprint density at radius 1 is 1.00 bits per heavy atom. The third-order valence-corrected chi connectivity index (χ3v) is 3.77. The van der Waals surface area contributed by atoms with Crippen LogP contribution in [0.5, 0.6) is 0 Å². The van der Waals surface area contributed by atoms with Gasteiger partial charge in [-0.3, -0.25) is 9.59 Å². The van der Waals surface area contributed by atoms with E-state index in [1.165, 1.54) is 18.2 Å². The number of alkyl halides is 3. The van der Waals surface area contributed by atoms with Crippen LogP contribution in [0, 0.1) is 6.92 Å². The first-order valence-electron chi connectivity index (χ1n) is 7.35. The fourth-order valence-corrected chi connectivity index (χ4v) is 2.07. The number of amides is 1. The first-order chi connectivity index (χ1) is 11.5. The number of anilines is 1. The van der Waals surface area contributed by atoms with Crippen molar-refractivity contribution >= 4 is 17.4 Å². The molecule has 2 rings (SSSR count). The van der Waals surface area contributed by atoms with Crippen molar-refractivity contribution < 1.29 is 27.9 Å². The first kappa shape index (κ1) is 18.7. The van der Waals surface area contributed by atoms with E-state index in [1.807, 2.05) is 5.32 Å². The Morgan fingerprint density at radius 2 is 1.60 bits per heavy atom. The number of benzene rings is 2. The lowest BCUT2D eigenvalue weighted by atomic mass is 10.00. The van der Waals surface area contributed by atoms with Crippen molar-refractivity contribution in [3.05, 3.63) is 65.2 Å². The summed E-state index contributed by atoms with van der Waals surface area (Å²) in [6.45, 7) is 1.92. The highest BCUT2D eigenvalue weighted by Gasteiger charge is 2.55. The van der Waals surface area contributed by atoms with Gasteiger partial charge in [-0.1, -0.05) is 30.3 Å². The second-order valence-corrected chi connectivity index (χ2v) is 5.75. The van der Waals surface area contributed by atoms with Gasteiger partial charge in [0.1, 0.15) is 0 Å². The maximum absolute atomic E-state index is 12.7. The molecular formula is C18H16F3NO3. The molecule has 132 valence electrons. The number of carbonyl (C=O) groups is 2. The van der Waals surface area contributed by atoms with Gasteiger partial charge >= 0.3 is 6.18 Å². The Hall–Kier alpha value is -2.67. The largest absolute Gasteiger partial charge is 0.426 e. The van der Waals surface area contributed by atoms with Gasteiger partial charge in [0.25, 0.3) is 5.91 Å². The van der Waals surface area contributed by atoms with Crippen molar-refractivity contribution in [1.82, 2.24) is 0 Å². The molecule has 25 heavy (non-hydrogen) atoms. The van der Waals surface area contributed by atoms with Crippen molar-refractivity contribution in [2.45, 2.75) is 25.6 Å². The molecule has 2 aromatic carbocycles. The molecule has 0 fully saturated rings. The van der Waals surface area contributed by atoms with Gasteiger partial charge in [0.2, 0.25) is 5.60 Å². The summed E-state index contributed by atoms with van der Waals surface area (Å²) in [6, 6.07) is 12.7. The van der Waals surface area contributed by atoms with Crippen LogP contribution < -0.4 is 5.32 Å². The van der Waals surface area contributed by atoms with E-state index in [0.29, 0.717) is 23.6 Å². The molecule has 7 heteroatoms. The molecule has 0 aliphatic rings. The Kier molecular flexibility index (Phi) is 4.99. The van der Waals surface area contributed by atoms with Gasteiger partial charge in [0.15, 0.2) is 5.78 Å². The maximum Gasteiger partial charge on any atom is 0.426 e. The minimum atomic E-state index is -5.10. The quantitative estimate of drug-likeness (QED) is 0.829. The number of nitrogens with one attached hydrogen (secondary N) is 1. The summed E-state index contributed by atoms with van der Waals surface area (Å²) in [6.07, 6.45) is -5.10. The first-order valence-corrected chi connectivity index (χ1v) is 7.35. The number of aliphatic hydroxyl groups is 1. The highest BCUT2D eigenvalue weighted by molar-refractivity contribution is 6.09. The second kappa shape index (κ2) is 6.68. The summed E-state index contributed by atoms with van der Waals surface area (Å²) < 4.78 is 38.1. The molecular weight excluding hydrogens is 335 g/mol. The van der Waals surface area contributed by atoms with Crippen molar-refractivity contribution in [1.29, 1.82) is 0 Å². The molecule has 2 aromatic rings. The number of carbonyl (C=O) groups excluding carboxylic acids is 2. The van der Waals surface area contributed by atoms with Crippen LogP contribution in [0.1, 0.15) is 28.4 Å². The molecule has 0 heterocycles. The van der Waals surface area contributed by atoms with Crippen LogP contribution >= 0.6 is 0 Å². The molecule has 4 nitrogen and oxygen atoms in total. The number of hydrogen-bond donors (Lipinski definition) is 2. The van der Waals surface area contributed by atoms with Gasteiger partial charge in [-0.2, -0.15) is 13.2 Å². The van der Waals surface area contributed by atoms with Crippen LogP contribution in [0.2, 0.25) is 0 Å². The van der Waals surface area contributed by atoms with Gasteiger partial charge in [0, 0.05) is 16.8 Å². The lowest BCUT2D eigenvalue weighted by molar-refractivity contribution is -0.242. The van der Waals surface area contributed by atoms with E-state index < -0.39 is 17.7 Å². The lowest BCUT2D eigenvalue weighted by Crippen LogP contribution is -2.52. The molecule has 1 atom stereocenters. The molecule has 0 aromatic heterocycles. The zero-order valence-corrected chi connectivity index (χ0v) is 13.5. The SMILES string of the molecule is Cc1cc(C(=O)c2ccccc2)ccc1NC(=O)[C@](C)(O)C(F)(F)F. The molecule has 0 aliphatic carbocycles.